The Bertz CT molecular complexity index is 584. The molecule has 21 heavy (non-hydrogen) atoms. The fourth-order valence-electron chi connectivity index (χ4n) is 2.02. The molecule has 1 aromatic carbocycles. The van der Waals surface area contributed by atoms with Crippen LogP contribution in [-0.2, 0) is 19.2 Å². The van der Waals surface area contributed by atoms with Crippen LogP contribution >= 0.6 is 23.2 Å². The molecule has 5 nitrogen and oxygen atoms in total. The quantitative estimate of drug-likeness (QED) is 0.817. The second kappa shape index (κ2) is 6.81. The Kier molecular flexibility index (Phi) is 5.51. The second-order valence-electron chi connectivity index (χ2n) is 4.95. The number of benzene rings is 1. The van der Waals surface area contributed by atoms with Gasteiger partial charge in [0.2, 0.25) is 0 Å². The van der Waals surface area contributed by atoms with Gasteiger partial charge in [-0.3, -0.25) is 4.18 Å². The van der Waals surface area contributed by atoms with E-state index in [1.54, 1.807) is 25.1 Å². The van der Waals surface area contributed by atoms with E-state index in [4.69, 9.17) is 32.1 Å². The lowest BCUT2D eigenvalue weighted by molar-refractivity contribution is 0.0792. The highest BCUT2D eigenvalue weighted by Crippen LogP contribution is 2.34. The molecule has 1 aliphatic carbocycles. The fraction of sp³-hybridized carbons (Fsp3) is 0.538. The van der Waals surface area contributed by atoms with Crippen molar-refractivity contribution in [2.45, 2.75) is 38.0 Å². The molecule has 2 rings (SSSR count). The normalized spacial score (nSPS) is 18.5. The Balaban J connectivity index is 2.16. The van der Waals surface area contributed by atoms with Crippen molar-refractivity contribution in [3.8, 4) is 0 Å². The summed E-state index contributed by atoms with van der Waals surface area (Å²) in [4.78, 5) is 0. The second-order valence-corrected chi connectivity index (χ2v) is 7.10. The average Bonchev–Trinajstić information content (AvgIpc) is 3.16. The zero-order chi connectivity index (χ0) is 15.6. The number of ether oxygens (including phenoxy) is 1. The highest BCUT2D eigenvalue weighted by molar-refractivity contribution is 7.84. The van der Waals surface area contributed by atoms with Crippen LogP contribution in [0.5, 0.6) is 0 Å². The van der Waals surface area contributed by atoms with Crippen LogP contribution in [0.3, 0.4) is 0 Å². The largest absolute Gasteiger partial charge is 0.375 e. The van der Waals surface area contributed by atoms with Gasteiger partial charge in [0.15, 0.2) is 0 Å². The lowest BCUT2D eigenvalue weighted by atomic mass is 10.0. The molecule has 1 fully saturated rings. The van der Waals surface area contributed by atoms with E-state index in [0.717, 1.165) is 12.8 Å². The number of halogens is 2. The van der Waals surface area contributed by atoms with E-state index in [1.807, 2.05) is 0 Å². The number of hydrogen-bond acceptors (Lipinski definition) is 4. The molecule has 0 radical (unpaired) electrons. The Hall–Kier alpha value is -0.370. The summed E-state index contributed by atoms with van der Waals surface area (Å²) in [6.45, 7) is 1.67. The van der Waals surface area contributed by atoms with E-state index in [2.05, 4.69) is 4.72 Å². The van der Waals surface area contributed by atoms with E-state index >= 15 is 0 Å². The highest BCUT2D eigenvalue weighted by Gasteiger charge is 2.32. The van der Waals surface area contributed by atoms with E-state index < -0.39 is 22.4 Å². The maximum absolute atomic E-state index is 11.9. The third kappa shape index (κ3) is 4.55. The Morgan fingerprint density at radius 2 is 1.86 bits per heavy atom. The summed E-state index contributed by atoms with van der Waals surface area (Å²) in [5.74, 6) is 0. The van der Waals surface area contributed by atoms with Crippen LogP contribution in [0.1, 0.15) is 31.4 Å². The summed E-state index contributed by atoms with van der Waals surface area (Å²) < 4.78 is 36.5. The smallest absolute Gasteiger partial charge is 0.336 e. The van der Waals surface area contributed by atoms with Crippen molar-refractivity contribution in [1.29, 1.82) is 0 Å². The molecule has 0 aliphatic heterocycles. The summed E-state index contributed by atoms with van der Waals surface area (Å²) in [5, 5.41) is 0.840. The molecule has 0 heterocycles. The summed E-state index contributed by atoms with van der Waals surface area (Å²) >= 11 is 12.3. The zero-order valence-corrected chi connectivity index (χ0v) is 14.0. The molecule has 0 saturated heterocycles. The molecule has 1 aromatic rings. The van der Waals surface area contributed by atoms with Crippen molar-refractivity contribution >= 4 is 33.5 Å². The minimum absolute atomic E-state index is 0.209. The minimum atomic E-state index is -3.82. The molecule has 0 amide bonds. The van der Waals surface area contributed by atoms with Gasteiger partial charge in [-0.15, -0.1) is 0 Å². The first kappa shape index (κ1) is 17.0. The number of nitrogens with one attached hydrogen (secondary N) is 1. The van der Waals surface area contributed by atoms with Gasteiger partial charge in [-0.1, -0.05) is 29.3 Å². The first-order valence-electron chi connectivity index (χ1n) is 6.51. The standard InChI is InChI=1S/C13H17Cl2NO4S/c1-8(16-21(17,18)20-9-6-7-9)13(19-2)12-10(14)4-3-5-11(12)15/h3-5,8-9,13,16H,6-7H2,1-2H3/t8-,13+/m1/s1. The molecule has 1 aliphatic rings. The lowest BCUT2D eigenvalue weighted by Crippen LogP contribution is -2.39. The van der Waals surface area contributed by atoms with Crippen LogP contribution in [0.4, 0.5) is 0 Å². The lowest BCUT2D eigenvalue weighted by Gasteiger charge is -2.25. The Labute approximate surface area is 134 Å². The van der Waals surface area contributed by atoms with Crippen LogP contribution < -0.4 is 4.72 Å². The summed E-state index contributed by atoms with van der Waals surface area (Å²) in [5.41, 5.74) is 0.546. The van der Waals surface area contributed by atoms with Crippen molar-refractivity contribution < 1.29 is 17.3 Å². The maximum atomic E-state index is 11.9. The summed E-state index contributed by atoms with van der Waals surface area (Å²) in [6, 6.07) is 4.48. The zero-order valence-electron chi connectivity index (χ0n) is 11.7. The molecule has 1 N–H and O–H groups in total. The van der Waals surface area contributed by atoms with E-state index in [9.17, 15) is 8.42 Å². The molecule has 0 unspecified atom stereocenters. The van der Waals surface area contributed by atoms with Crippen molar-refractivity contribution in [3.63, 3.8) is 0 Å². The highest BCUT2D eigenvalue weighted by atomic mass is 35.5. The Morgan fingerprint density at radius 3 is 2.33 bits per heavy atom. The van der Waals surface area contributed by atoms with Gasteiger partial charge in [-0.25, -0.2) is 0 Å². The first-order valence-corrected chi connectivity index (χ1v) is 8.67. The molecule has 1 saturated carbocycles. The number of rotatable bonds is 7. The van der Waals surface area contributed by atoms with Crippen LogP contribution in [0.15, 0.2) is 18.2 Å². The van der Waals surface area contributed by atoms with E-state index in [0.29, 0.717) is 15.6 Å². The maximum Gasteiger partial charge on any atom is 0.336 e. The SMILES string of the molecule is CO[C@H](c1c(Cl)cccc1Cl)[C@@H](C)NS(=O)(=O)OC1CC1. The third-order valence-electron chi connectivity index (χ3n) is 3.11. The van der Waals surface area contributed by atoms with Gasteiger partial charge < -0.3 is 4.74 Å². The van der Waals surface area contributed by atoms with Crippen molar-refractivity contribution in [2.24, 2.45) is 0 Å². The average molecular weight is 354 g/mol. The predicted octanol–water partition coefficient (Wildman–Crippen LogP) is 3.08. The van der Waals surface area contributed by atoms with Crippen LogP contribution in [0.2, 0.25) is 10.0 Å². The van der Waals surface area contributed by atoms with Crippen molar-refractivity contribution in [3.05, 3.63) is 33.8 Å². The predicted molar refractivity (Wildman–Crippen MR) is 81.8 cm³/mol. The Morgan fingerprint density at radius 1 is 1.29 bits per heavy atom. The molecule has 2 atom stereocenters. The van der Waals surface area contributed by atoms with Gasteiger partial charge in [0.05, 0.1) is 12.1 Å². The molecule has 0 bridgehead atoms. The van der Waals surface area contributed by atoms with Gasteiger partial charge in [0.25, 0.3) is 0 Å². The first-order chi connectivity index (χ1) is 9.84. The van der Waals surface area contributed by atoms with E-state index in [-0.39, 0.29) is 6.10 Å². The van der Waals surface area contributed by atoms with E-state index in [1.165, 1.54) is 7.11 Å². The monoisotopic (exact) mass is 353 g/mol. The van der Waals surface area contributed by atoms with Crippen LogP contribution in [-0.4, -0.2) is 27.7 Å². The fourth-order valence-corrected chi connectivity index (χ4v) is 3.81. The van der Waals surface area contributed by atoms with Gasteiger partial charge in [0, 0.05) is 22.7 Å². The van der Waals surface area contributed by atoms with Gasteiger partial charge in [0.1, 0.15) is 6.10 Å². The molecular formula is C13H17Cl2NO4S. The number of hydrogen-bond donors (Lipinski definition) is 1. The molecule has 118 valence electrons. The van der Waals surface area contributed by atoms with Gasteiger partial charge in [-0.2, -0.15) is 13.1 Å². The molecule has 0 spiro atoms. The van der Waals surface area contributed by atoms with Crippen LogP contribution in [0.25, 0.3) is 0 Å². The molecular weight excluding hydrogens is 337 g/mol. The van der Waals surface area contributed by atoms with Crippen molar-refractivity contribution in [1.82, 2.24) is 4.72 Å². The van der Waals surface area contributed by atoms with Crippen molar-refractivity contribution in [2.75, 3.05) is 7.11 Å². The summed E-state index contributed by atoms with van der Waals surface area (Å²) in [7, 11) is -2.35. The van der Waals surface area contributed by atoms with Crippen LogP contribution in [0, 0.1) is 0 Å². The number of methoxy groups -OCH3 is 1. The molecule has 0 aromatic heterocycles. The molecule has 8 heteroatoms. The van der Waals surface area contributed by atoms with Gasteiger partial charge in [-0.05, 0) is 31.9 Å². The minimum Gasteiger partial charge on any atom is -0.375 e. The third-order valence-corrected chi connectivity index (χ3v) is 4.95. The van der Waals surface area contributed by atoms with Gasteiger partial charge >= 0.3 is 10.3 Å². The summed E-state index contributed by atoms with van der Waals surface area (Å²) in [6.07, 6.45) is 0.696. The topological polar surface area (TPSA) is 64.6 Å².